The molecule has 0 bridgehead atoms. The molecule has 0 N–H and O–H groups in total. The molecular formula is C15H22N2O3. The van der Waals surface area contributed by atoms with Gasteiger partial charge in [0.1, 0.15) is 0 Å². The quantitative estimate of drug-likeness (QED) is 0.541. The number of rotatable bonds is 8. The van der Waals surface area contributed by atoms with Gasteiger partial charge in [-0.25, -0.2) is 0 Å². The van der Waals surface area contributed by atoms with E-state index in [-0.39, 0.29) is 10.6 Å². The van der Waals surface area contributed by atoms with Gasteiger partial charge in [-0.1, -0.05) is 13.0 Å². The number of nitro groups is 1. The summed E-state index contributed by atoms with van der Waals surface area (Å²) in [5, 5.41) is 11.0. The Labute approximate surface area is 119 Å². The Morgan fingerprint density at radius 2 is 2.20 bits per heavy atom. The van der Waals surface area contributed by atoms with Crippen molar-refractivity contribution in [3.8, 4) is 5.75 Å². The minimum atomic E-state index is -0.382. The van der Waals surface area contributed by atoms with Gasteiger partial charge in [-0.05, 0) is 43.4 Å². The maximum absolute atomic E-state index is 11.0. The second kappa shape index (κ2) is 6.70. The van der Waals surface area contributed by atoms with Crippen LogP contribution in [-0.2, 0) is 6.54 Å². The monoisotopic (exact) mass is 278 g/mol. The van der Waals surface area contributed by atoms with E-state index in [0.717, 1.165) is 37.5 Å². The molecule has 0 heterocycles. The van der Waals surface area contributed by atoms with Crippen molar-refractivity contribution in [3.05, 3.63) is 33.9 Å². The molecule has 0 saturated heterocycles. The number of ether oxygens (including phenoxy) is 1. The second-order valence-electron chi connectivity index (χ2n) is 5.44. The van der Waals surface area contributed by atoms with Gasteiger partial charge in [0, 0.05) is 19.2 Å². The summed E-state index contributed by atoms with van der Waals surface area (Å²) in [6, 6.07) is 5.24. The molecule has 2 rings (SSSR count). The number of nitro benzene ring substituents is 1. The second-order valence-corrected chi connectivity index (χ2v) is 5.44. The first-order chi connectivity index (χ1) is 9.63. The molecule has 0 aliphatic heterocycles. The minimum absolute atomic E-state index is 0.0490. The van der Waals surface area contributed by atoms with Crippen LogP contribution in [0.15, 0.2) is 18.2 Å². The third-order valence-electron chi connectivity index (χ3n) is 3.60. The maximum Gasteiger partial charge on any atom is 0.311 e. The summed E-state index contributed by atoms with van der Waals surface area (Å²) in [4.78, 5) is 13.1. The Bertz CT molecular complexity index is 472. The van der Waals surface area contributed by atoms with Crippen molar-refractivity contribution >= 4 is 5.69 Å². The lowest BCUT2D eigenvalue weighted by Gasteiger charge is -2.21. The zero-order valence-electron chi connectivity index (χ0n) is 12.2. The Kier molecular flexibility index (Phi) is 4.95. The van der Waals surface area contributed by atoms with Gasteiger partial charge in [-0.2, -0.15) is 0 Å². The first-order valence-electron chi connectivity index (χ1n) is 7.17. The van der Waals surface area contributed by atoms with Gasteiger partial charge in [-0.3, -0.25) is 15.0 Å². The minimum Gasteiger partial charge on any atom is -0.490 e. The van der Waals surface area contributed by atoms with Crippen molar-refractivity contribution in [2.24, 2.45) is 5.92 Å². The van der Waals surface area contributed by atoms with Crippen LogP contribution in [0.1, 0.15) is 31.7 Å². The molecule has 0 radical (unpaired) electrons. The fraction of sp³-hybridized carbons (Fsp3) is 0.600. The zero-order chi connectivity index (χ0) is 14.5. The van der Waals surface area contributed by atoms with Crippen LogP contribution in [0.2, 0.25) is 0 Å². The standard InChI is InChI=1S/C15H22N2O3/c1-3-8-16(10-12-4-5-12)11-13-6-7-15(20-2)14(9-13)17(18)19/h6-7,9,12H,3-5,8,10-11H2,1-2H3. The molecule has 1 aromatic carbocycles. The van der Waals surface area contributed by atoms with Crippen LogP contribution >= 0.6 is 0 Å². The molecule has 1 fully saturated rings. The Morgan fingerprint density at radius 1 is 1.45 bits per heavy atom. The van der Waals surface area contributed by atoms with Crippen molar-refractivity contribution in [1.29, 1.82) is 0 Å². The van der Waals surface area contributed by atoms with Crippen LogP contribution in [0.3, 0.4) is 0 Å². The number of hydrogen-bond donors (Lipinski definition) is 0. The lowest BCUT2D eigenvalue weighted by Crippen LogP contribution is -2.26. The van der Waals surface area contributed by atoms with E-state index >= 15 is 0 Å². The van der Waals surface area contributed by atoms with Crippen molar-refractivity contribution < 1.29 is 9.66 Å². The van der Waals surface area contributed by atoms with Gasteiger partial charge in [-0.15, -0.1) is 0 Å². The van der Waals surface area contributed by atoms with Gasteiger partial charge in [0.15, 0.2) is 5.75 Å². The molecular weight excluding hydrogens is 256 g/mol. The summed E-state index contributed by atoms with van der Waals surface area (Å²) in [6.07, 6.45) is 3.75. The predicted octanol–water partition coefficient (Wildman–Crippen LogP) is 3.23. The Morgan fingerprint density at radius 3 is 2.75 bits per heavy atom. The van der Waals surface area contributed by atoms with E-state index in [1.807, 2.05) is 6.07 Å². The molecule has 0 atom stereocenters. The molecule has 5 nitrogen and oxygen atoms in total. The maximum atomic E-state index is 11.0. The fourth-order valence-electron chi connectivity index (χ4n) is 2.45. The van der Waals surface area contributed by atoms with Crippen molar-refractivity contribution in [1.82, 2.24) is 4.90 Å². The SMILES string of the molecule is CCCN(Cc1ccc(OC)c([N+](=O)[O-])c1)CC1CC1. The van der Waals surface area contributed by atoms with Crippen LogP contribution in [0.4, 0.5) is 5.69 Å². The number of nitrogens with zero attached hydrogens (tertiary/aromatic N) is 2. The molecule has 1 saturated carbocycles. The average molecular weight is 278 g/mol. The highest BCUT2D eigenvalue weighted by molar-refractivity contribution is 5.48. The highest BCUT2D eigenvalue weighted by atomic mass is 16.6. The van der Waals surface area contributed by atoms with E-state index in [1.165, 1.54) is 20.0 Å². The van der Waals surface area contributed by atoms with E-state index < -0.39 is 0 Å². The lowest BCUT2D eigenvalue weighted by molar-refractivity contribution is -0.385. The summed E-state index contributed by atoms with van der Waals surface area (Å²) in [7, 11) is 1.46. The van der Waals surface area contributed by atoms with E-state index in [1.54, 1.807) is 12.1 Å². The molecule has 20 heavy (non-hydrogen) atoms. The number of methoxy groups -OCH3 is 1. The largest absolute Gasteiger partial charge is 0.490 e. The highest BCUT2D eigenvalue weighted by Crippen LogP contribution is 2.31. The molecule has 0 spiro atoms. The summed E-state index contributed by atoms with van der Waals surface area (Å²) in [6.45, 7) is 5.08. The fourth-order valence-corrected chi connectivity index (χ4v) is 2.45. The van der Waals surface area contributed by atoms with E-state index in [9.17, 15) is 10.1 Å². The Balaban J connectivity index is 2.09. The molecule has 0 unspecified atom stereocenters. The predicted molar refractivity (Wildman–Crippen MR) is 77.9 cm³/mol. The Hall–Kier alpha value is -1.62. The summed E-state index contributed by atoms with van der Waals surface area (Å²) in [5.74, 6) is 1.15. The lowest BCUT2D eigenvalue weighted by atomic mass is 10.1. The third kappa shape index (κ3) is 3.93. The van der Waals surface area contributed by atoms with Crippen LogP contribution < -0.4 is 4.74 Å². The molecule has 0 aromatic heterocycles. The molecule has 110 valence electrons. The number of hydrogen-bond acceptors (Lipinski definition) is 4. The highest BCUT2D eigenvalue weighted by Gasteiger charge is 2.24. The van der Waals surface area contributed by atoms with E-state index in [0.29, 0.717) is 5.75 Å². The van der Waals surface area contributed by atoms with Gasteiger partial charge in [0.2, 0.25) is 0 Å². The van der Waals surface area contributed by atoms with Crippen molar-refractivity contribution in [2.75, 3.05) is 20.2 Å². The first-order valence-corrected chi connectivity index (χ1v) is 7.17. The van der Waals surface area contributed by atoms with Gasteiger partial charge < -0.3 is 4.74 Å². The van der Waals surface area contributed by atoms with Crippen LogP contribution in [-0.4, -0.2) is 30.0 Å². The summed E-state index contributed by atoms with van der Waals surface area (Å²) in [5.41, 5.74) is 1.03. The van der Waals surface area contributed by atoms with E-state index in [4.69, 9.17) is 4.74 Å². The summed E-state index contributed by atoms with van der Waals surface area (Å²) >= 11 is 0. The molecule has 5 heteroatoms. The molecule has 1 aliphatic carbocycles. The van der Waals surface area contributed by atoms with Gasteiger partial charge >= 0.3 is 5.69 Å². The molecule has 0 amide bonds. The van der Waals surface area contributed by atoms with Crippen LogP contribution in [0, 0.1) is 16.0 Å². The smallest absolute Gasteiger partial charge is 0.311 e. The molecule has 1 aliphatic rings. The first kappa shape index (κ1) is 14.8. The van der Waals surface area contributed by atoms with Gasteiger partial charge in [0.25, 0.3) is 0 Å². The average Bonchev–Trinajstić information content (AvgIpc) is 3.22. The van der Waals surface area contributed by atoms with Crippen molar-refractivity contribution in [2.45, 2.75) is 32.7 Å². The van der Waals surface area contributed by atoms with Crippen LogP contribution in [0.25, 0.3) is 0 Å². The topological polar surface area (TPSA) is 55.6 Å². The summed E-state index contributed by atoms with van der Waals surface area (Å²) < 4.78 is 5.03. The van der Waals surface area contributed by atoms with Crippen LogP contribution in [0.5, 0.6) is 5.75 Å². The number of benzene rings is 1. The van der Waals surface area contributed by atoms with Crippen molar-refractivity contribution in [3.63, 3.8) is 0 Å². The van der Waals surface area contributed by atoms with E-state index in [2.05, 4.69) is 11.8 Å². The van der Waals surface area contributed by atoms with Gasteiger partial charge in [0.05, 0.1) is 12.0 Å². The zero-order valence-corrected chi connectivity index (χ0v) is 12.2. The molecule has 1 aromatic rings. The third-order valence-corrected chi connectivity index (χ3v) is 3.60. The normalized spacial score (nSPS) is 14.6.